The average Bonchev–Trinajstić information content (AvgIpc) is 2.90. The minimum atomic E-state index is -0.131. The number of piperidine rings is 1. The Morgan fingerprint density at radius 2 is 2.21 bits per heavy atom. The Bertz CT molecular complexity index is 409. The second-order valence-corrected chi connectivity index (χ2v) is 5.06. The second kappa shape index (κ2) is 6.73. The molecule has 0 unspecified atom stereocenters. The lowest BCUT2D eigenvalue weighted by Crippen LogP contribution is -2.44. The van der Waals surface area contributed by atoms with Gasteiger partial charge in [-0.3, -0.25) is 4.79 Å². The first-order chi connectivity index (χ1) is 9.22. The van der Waals surface area contributed by atoms with Crippen LogP contribution in [0.5, 0.6) is 0 Å². The summed E-state index contributed by atoms with van der Waals surface area (Å²) in [4.78, 5) is 14.4. The van der Waals surface area contributed by atoms with E-state index in [2.05, 4.69) is 17.1 Å². The Morgan fingerprint density at radius 1 is 1.47 bits per heavy atom. The normalized spacial score (nSPS) is 17.6. The molecular weight excluding hydrogens is 242 g/mol. The van der Waals surface area contributed by atoms with E-state index in [1.807, 2.05) is 0 Å². The fraction of sp³-hybridized carbons (Fsp3) is 0.643. The highest BCUT2D eigenvalue weighted by Crippen LogP contribution is 2.12. The van der Waals surface area contributed by atoms with E-state index >= 15 is 0 Å². The van der Waals surface area contributed by atoms with Crippen LogP contribution in [0.4, 0.5) is 0 Å². The van der Waals surface area contributed by atoms with Crippen molar-refractivity contribution in [1.29, 1.82) is 0 Å². The van der Waals surface area contributed by atoms with Crippen molar-refractivity contribution in [2.75, 3.05) is 19.6 Å². The quantitative estimate of drug-likeness (QED) is 0.843. The minimum Gasteiger partial charge on any atom is -0.455 e. The number of nitrogens with two attached hydrogens (primary N) is 1. The van der Waals surface area contributed by atoms with Gasteiger partial charge >= 0.3 is 0 Å². The zero-order valence-electron chi connectivity index (χ0n) is 11.5. The van der Waals surface area contributed by atoms with E-state index < -0.39 is 0 Å². The molecule has 0 saturated carbocycles. The summed E-state index contributed by atoms with van der Waals surface area (Å²) in [5.41, 5.74) is 5.46. The molecule has 1 aromatic heterocycles. The number of carbonyl (C=O) groups excluding carboxylic acids is 1. The fourth-order valence-electron chi connectivity index (χ4n) is 2.48. The summed E-state index contributed by atoms with van der Waals surface area (Å²) in [5.74, 6) is 0.869. The van der Waals surface area contributed by atoms with E-state index in [-0.39, 0.29) is 11.9 Å². The van der Waals surface area contributed by atoms with Gasteiger partial charge in [-0.05, 0) is 37.9 Å². The third kappa shape index (κ3) is 3.81. The molecule has 19 heavy (non-hydrogen) atoms. The van der Waals surface area contributed by atoms with Crippen LogP contribution in [0, 0.1) is 0 Å². The lowest BCUT2D eigenvalue weighted by atomic mass is 10.0. The van der Waals surface area contributed by atoms with E-state index in [0.29, 0.717) is 18.1 Å². The van der Waals surface area contributed by atoms with Gasteiger partial charge in [0.1, 0.15) is 5.76 Å². The maximum Gasteiger partial charge on any atom is 0.287 e. The summed E-state index contributed by atoms with van der Waals surface area (Å²) in [6, 6.07) is 3.69. The highest BCUT2D eigenvalue weighted by molar-refractivity contribution is 5.91. The molecule has 2 heterocycles. The van der Waals surface area contributed by atoms with Crippen LogP contribution in [0.25, 0.3) is 0 Å². The van der Waals surface area contributed by atoms with Crippen LogP contribution in [0.1, 0.15) is 42.5 Å². The molecule has 106 valence electrons. The van der Waals surface area contributed by atoms with Gasteiger partial charge in [0.05, 0.1) is 6.54 Å². The molecule has 0 spiro atoms. The van der Waals surface area contributed by atoms with Crippen LogP contribution in [0.3, 0.4) is 0 Å². The molecule has 1 aromatic rings. The van der Waals surface area contributed by atoms with Crippen LogP contribution < -0.4 is 11.1 Å². The Kier molecular flexibility index (Phi) is 4.99. The van der Waals surface area contributed by atoms with Crippen molar-refractivity contribution in [3.8, 4) is 0 Å². The molecular formula is C14H23N3O2. The van der Waals surface area contributed by atoms with Crippen molar-refractivity contribution in [3.63, 3.8) is 0 Å². The van der Waals surface area contributed by atoms with Crippen LogP contribution in [0.15, 0.2) is 16.5 Å². The molecule has 1 aliphatic heterocycles. The van der Waals surface area contributed by atoms with E-state index in [1.54, 1.807) is 12.1 Å². The van der Waals surface area contributed by atoms with Gasteiger partial charge in [-0.1, -0.05) is 6.92 Å². The third-order valence-corrected chi connectivity index (χ3v) is 3.55. The lowest BCUT2D eigenvalue weighted by molar-refractivity contribution is 0.0881. The van der Waals surface area contributed by atoms with E-state index in [4.69, 9.17) is 10.2 Å². The van der Waals surface area contributed by atoms with Gasteiger partial charge in [0.15, 0.2) is 5.76 Å². The smallest absolute Gasteiger partial charge is 0.287 e. The van der Waals surface area contributed by atoms with Crippen LogP contribution in [-0.2, 0) is 6.54 Å². The molecule has 5 nitrogen and oxygen atoms in total. The third-order valence-electron chi connectivity index (χ3n) is 3.55. The molecule has 0 atom stereocenters. The SMILES string of the molecule is CCCN1CCC(NC(=O)c2ccc(CN)o2)CC1. The zero-order chi connectivity index (χ0) is 13.7. The van der Waals surface area contributed by atoms with Gasteiger partial charge in [0.25, 0.3) is 5.91 Å². The fourth-order valence-corrected chi connectivity index (χ4v) is 2.48. The number of nitrogens with zero attached hydrogens (tertiary/aromatic N) is 1. The van der Waals surface area contributed by atoms with Gasteiger partial charge in [-0.25, -0.2) is 0 Å². The lowest BCUT2D eigenvalue weighted by Gasteiger charge is -2.31. The molecule has 1 amide bonds. The average molecular weight is 265 g/mol. The molecule has 0 aliphatic carbocycles. The molecule has 0 aromatic carbocycles. The molecule has 1 saturated heterocycles. The summed E-state index contributed by atoms with van der Waals surface area (Å²) in [6.45, 7) is 5.79. The zero-order valence-corrected chi connectivity index (χ0v) is 11.5. The van der Waals surface area contributed by atoms with E-state index in [1.165, 1.54) is 6.42 Å². The highest BCUT2D eigenvalue weighted by atomic mass is 16.4. The Balaban J connectivity index is 1.80. The Morgan fingerprint density at radius 3 is 2.79 bits per heavy atom. The number of furan rings is 1. The van der Waals surface area contributed by atoms with Crippen molar-refractivity contribution < 1.29 is 9.21 Å². The predicted molar refractivity (Wildman–Crippen MR) is 73.8 cm³/mol. The van der Waals surface area contributed by atoms with Crippen molar-refractivity contribution in [2.45, 2.75) is 38.8 Å². The summed E-state index contributed by atoms with van der Waals surface area (Å²) >= 11 is 0. The topological polar surface area (TPSA) is 71.5 Å². The number of hydrogen-bond acceptors (Lipinski definition) is 4. The summed E-state index contributed by atoms with van der Waals surface area (Å²) in [7, 11) is 0. The van der Waals surface area contributed by atoms with Crippen molar-refractivity contribution >= 4 is 5.91 Å². The Hall–Kier alpha value is -1.33. The number of amides is 1. The monoisotopic (exact) mass is 265 g/mol. The van der Waals surface area contributed by atoms with Gasteiger partial charge in [-0.15, -0.1) is 0 Å². The number of hydrogen-bond donors (Lipinski definition) is 2. The van der Waals surface area contributed by atoms with E-state index in [9.17, 15) is 4.79 Å². The van der Waals surface area contributed by atoms with Crippen molar-refractivity contribution in [3.05, 3.63) is 23.7 Å². The first kappa shape index (κ1) is 14.1. The van der Waals surface area contributed by atoms with Crippen LogP contribution in [-0.4, -0.2) is 36.5 Å². The molecule has 5 heteroatoms. The van der Waals surface area contributed by atoms with Gasteiger partial charge in [-0.2, -0.15) is 0 Å². The number of rotatable bonds is 5. The standard InChI is InChI=1S/C14H23N3O2/c1-2-7-17-8-5-11(6-9-17)16-14(18)13-4-3-12(10-15)19-13/h3-4,11H,2,5-10,15H2,1H3,(H,16,18). The first-order valence-corrected chi connectivity index (χ1v) is 7.05. The van der Waals surface area contributed by atoms with Crippen LogP contribution in [0.2, 0.25) is 0 Å². The molecule has 2 rings (SSSR count). The Labute approximate surface area is 114 Å². The van der Waals surface area contributed by atoms with Crippen molar-refractivity contribution in [1.82, 2.24) is 10.2 Å². The van der Waals surface area contributed by atoms with Gasteiger partial charge < -0.3 is 20.4 Å². The number of nitrogens with one attached hydrogen (secondary N) is 1. The molecule has 0 radical (unpaired) electrons. The maximum atomic E-state index is 12.0. The molecule has 3 N–H and O–H groups in total. The van der Waals surface area contributed by atoms with Crippen molar-refractivity contribution in [2.24, 2.45) is 5.73 Å². The summed E-state index contributed by atoms with van der Waals surface area (Å²) < 4.78 is 5.35. The van der Waals surface area contributed by atoms with Gasteiger partial charge in [0.2, 0.25) is 0 Å². The maximum absolute atomic E-state index is 12.0. The summed E-state index contributed by atoms with van der Waals surface area (Å²) in [5, 5.41) is 3.04. The highest BCUT2D eigenvalue weighted by Gasteiger charge is 2.21. The first-order valence-electron chi connectivity index (χ1n) is 7.05. The van der Waals surface area contributed by atoms with Crippen LogP contribution >= 0.6 is 0 Å². The molecule has 1 aliphatic rings. The minimum absolute atomic E-state index is 0.131. The van der Waals surface area contributed by atoms with E-state index in [0.717, 1.165) is 32.5 Å². The largest absolute Gasteiger partial charge is 0.455 e. The molecule has 0 bridgehead atoms. The number of carbonyl (C=O) groups is 1. The van der Waals surface area contributed by atoms with Gasteiger partial charge in [0, 0.05) is 19.1 Å². The predicted octanol–water partition coefficient (Wildman–Crippen LogP) is 1.34. The molecule has 1 fully saturated rings. The second-order valence-electron chi connectivity index (χ2n) is 5.06. The number of likely N-dealkylation sites (tertiary alicyclic amines) is 1. The summed E-state index contributed by atoms with van der Waals surface area (Å²) in [6.07, 6.45) is 3.21.